The van der Waals surface area contributed by atoms with E-state index in [1.165, 1.54) is 0 Å². The maximum Gasteiger partial charge on any atom is 0.255 e. The molecule has 0 radical (unpaired) electrons. The number of para-hydroxylation sites is 1. The van der Waals surface area contributed by atoms with Crippen molar-refractivity contribution in [3.05, 3.63) is 75.5 Å². The highest BCUT2D eigenvalue weighted by atomic mass is 35.5. The second-order valence-corrected chi connectivity index (χ2v) is 7.82. The zero-order chi connectivity index (χ0) is 20.1. The third-order valence-corrected chi connectivity index (χ3v) is 4.85. The van der Waals surface area contributed by atoms with Crippen molar-refractivity contribution in [3.8, 4) is 5.75 Å². The van der Waals surface area contributed by atoms with Crippen LogP contribution in [0, 0.1) is 0 Å². The molecule has 0 amide bonds. The molecule has 3 aromatic rings. The van der Waals surface area contributed by atoms with Crippen LogP contribution in [0.4, 0.5) is 0 Å². The van der Waals surface area contributed by atoms with E-state index in [0.717, 1.165) is 16.7 Å². The highest BCUT2D eigenvalue weighted by Gasteiger charge is 2.17. The van der Waals surface area contributed by atoms with Gasteiger partial charge >= 0.3 is 0 Å². The lowest BCUT2D eigenvalue weighted by atomic mass is 10.1. The summed E-state index contributed by atoms with van der Waals surface area (Å²) in [6.07, 6.45) is 0. The summed E-state index contributed by atoms with van der Waals surface area (Å²) in [5.41, 5.74) is 0.853. The number of aromatic nitrogens is 1. The predicted molar refractivity (Wildman–Crippen MR) is 113 cm³/mol. The van der Waals surface area contributed by atoms with Crippen LogP contribution >= 0.6 is 11.6 Å². The van der Waals surface area contributed by atoms with Gasteiger partial charge in [-0.25, -0.2) is 0 Å². The van der Waals surface area contributed by atoms with E-state index in [0.29, 0.717) is 30.3 Å². The van der Waals surface area contributed by atoms with Gasteiger partial charge in [-0.15, -0.1) is 0 Å². The number of hydrogen-bond donors (Lipinski definition) is 2. The number of nitrogens with one attached hydrogen (secondary N) is 1. The number of ether oxygens (including phenoxy) is 1. The molecule has 28 heavy (non-hydrogen) atoms. The maximum atomic E-state index is 13.1. The minimum atomic E-state index is -0.470. The largest absolute Gasteiger partial charge is 0.492 e. The molecule has 0 fully saturated rings. The van der Waals surface area contributed by atoms with Crippen LogP contribution in [0.5, 0.6) is 5.75 Å². The van der Waals surface area contributed by atoms with E-state index in [9.17, 15) is 9.90 Å². The van der Waals surface area contributed by atoms with Crippen molar-refractivity contribution in [2.24, 2.45) is 0 Å². The summed E-state index contributed by atoms with van der Waals surface area (Å²) in [5, 5.41) is 14.2. The Morgan fingerprint density at radius 2 is 1.89 bits per heavy atom. The lowest BCUT2D eigenvalue weighted by Crippen LogP contribution is -2.43. The molecule has 0 aliphatic carbocycles. The molecule has 0 bridgehead atoms. The van der Waals surface area contributed by atoms with Crippen LogP contribution in [0.2, 0.25) is 5.02 Å². The number of aliphatic hydroxyl groups is 1. The smallest absolute Gasteiger partial charge is 0.255 e. The molecular formula is C22H25ClN2O3. The van der Waals surface area contributed by atoms with Gasteiger partial charge in [0, 0.05) is 22.7 Å². The summed E-state index contributed by atoms with van der Waals surface area (Å²) >= 11 is 6.17. The van der Waals surface area contributed by atoms with Crippen molar-refractivity contribution in [2.75, 3.05) is 13.2 Å². The number of fused-ring (bicyclic) bond motifs is 1. The van der Waals surface area contributed by atoms with E-state index in [2.05, 4.69) is 5.32 Å². The fourth-order valence-corrected chi connectivity index (χ4v) is 3.08. The molecule has 1 aromatic heterocycles. The van der Waals surface area contributed by atoms with E-state index in [1.54, 1.807) is 10.6 Å². The number of hydrogen-bond acceptors (Lipinski definition) is 4. The fraction of sp³-hybridized carbons (Fsp3) is 0.318. The molecule has 0 saturated heterocycles. The molecule has 3 rings (SSSR count). The molecule has 0 unspecified atom stereocenters. The first kappa shape index (κ1) is 20.4. The number of pyridine rings is 1. The van der Waals surface area contributed by atoms with Crippen LogP contribution < -0.4 is 15.6 Å². The van der Waals surface area contributed by atoms with Gasteiger partial charge in [0.25, 0.3) is 5.56 Å². The SMILES string of the molecule is CC(C)(CO)NCc1cc2ccc(Cl)cc2n(CCOc2ccccc2)c1=O. The van der Waals surface area contributed by atoms with Gasteiger partial charge in [0.2, 0.25) is 0 Å². The van der Waals surface area contributed by atoms with Crippen LogP contribution in [0.25, 0.3) is 10.9 Å². The second-order valence-electron chi connectivity index (χ2n) is 7.39. The molecule has 148 valence electrons. The Labute approximate surface area is 169 Å². The van der Waals surface area contributed by atoms with E-state index in [-0.39, 0.29) is 12.2 Å². The Bertz CT molecular complexity index is 1000. The molecule has 0 spiro atoms. The van der Waals surface area contributed by atoms with Crippen molar-refractivity contribution in [2.45, 2.75) is 32.5 Å². The van der Waals surface area contributed by atoms with Gasteiger partial charge in [-0.2, -0.15) is 0 Å². The zero-order valence-corrected chi connectivity index (χ0v) is 16.9. The van der Waals surface area contributed by atoms with Gasteiger partial charge in [-0.05, 0) is 49.6 Å². The van der Waals surface area contributed by atoms with E-state index in [1.807, 2.05) is 62.4 Å². The summed E-state index contributed by atoms with van der Waals surface area (Å²) in [6.45, 7) is 4.90. The molecule has 5 nitrogen and oxygen atoms in total. The van der Waals surface area contributed by atoms with Crippen molar-refractivity contribution in [1.29, 1.82) is 0 Å². The summed E-state index contributed by atoms with van der Waals surface area (Å²) in [7, 11) is 0. The predicted octanol–water partition coefficient (Wildman–Crippen LogP) is 3.59. The Kier molecular flexibility index (Phi) is 6.39. The Balaban J connectivity index is 1.90. The molecule has 0 aliphatic rings. The Morgan fingerprint density at radius 1 is 1.14 bits per heavy atom. The summed E-state index contributed by atoms with van der Waals surface area (Å²) in [5.74, 6) is 0.764. The lowest BCUT2D eigenvalue weighted by Gasteiger charge is -2.24. The zero-order valence-electron chi connectivity index (χ0n) is 16.1. The average molecular weight is 401 g/mol. The molecule has 6 heteroatoms. The van der Waals surface area contributed by atoms with Gasteiger partial charge in [0.15, 0.2) is 0 Å². The quantitative estimate of drug-likeness (QED) is 0.606. The molecule has 0 atom stereocenters. The number of nitrogens with zero attached hydrogens (tertiary/aromatic N) is 1. The van der Waals surface area contributed by atoms with Crippen molar-refractivity contribution < 1.29 is 9.84 Å². The Morgan fingerprint density at radius 3 is 2.61 bits per heavy atom. The number of rotatable bonds is 8. The van der Waals surface area contributed by atoms with E-state index < -0.39 is 5.54 Å². The first-order valence-corrected chi connectivity index (χ1v) is 9.63. The van der Waals surface area contributed by atoms with E-state index in [4.69, 9.17) is 16.3 Å². The van der Waals surface area contributed by atoms with Crippen LogP contribution in [0.1, 0.15) is 19.4 Å². The first-order valence-electron chi connectivity index (χ1n) is 9.25. The van der Waals surface area contributed by atoms with Crippen molar-refractivity contribution in [3.63, 3.8) is 0 Å². The number of halogens is 1. The molecule has 2 N–H and O–H groups in total. The third kappa shape index (κ3) is 4.93. The summed E-state index contributed by atoms with van der Waals surface area (Å²) in [4.78, 5) is 13.1. The van der Waals surface area contributed by atoms with Gasteiger partial charge < -0.3 is 19.7 Å². The number of aliphatic hydroxyl groups excluding tert-OH is 1. The molecule has 2 aromatic carbocycles. The van der Waals surface area contributed by atoms with Crippen LogP contribution in [0.3, 0.4) is 0 Å². The summed E-state index contributed by atoms with van der Waals surface area (Å²) in [6, 6.07) is 16.9. The maximum absolute atomic E-state index is 13.1. The van der Waals surface area contributed by atoms with Crippen LogP contribution in [-0.2, 0) is 13.1 Å². The molecule has 0 aliphatic heterocycles. The topological polar surface area (TPSA) is 63.5 Å². The monoisotopic (exact) mass is 400 g/mol. The normalized spacial score (nSPS) is 11.7. The van der Waals surface area contributed by atoms with Crippen molar-refractivity contribution in [1.82, 2.24) is 9.88 Å². The molecule has 0 saturated carbocycles. The highest BCUT2D eigenvalue weighted by molar-refractivity contribution is 6.31. The fourth-order valence-electron chi connectivity index (χ4n) is 2.92. The Hall–Kier alpha value is -2.34. The second kappa shape index (κ2) is 8.78. The standard InChI is InChI=1S/C22H25ClN2O3/c1-22(2,15-26)24-14-17-12-16-8-9-18(23)13-20(16)25(21(17)27)10-11-28-19-6-4-3-5-7-19/h3-9,12-13,24,26H,10-11,14-15H2,1-2H3. The summed E-state index contributed by atoms with van der Waals surface area (Å²) < 4.78 is 7.48. The van der Waals surface area contributed by atoms with Gasteiger partial charge in [0.05, 0.1) is 18.7 Å². The number of benzene rings is 2. The molecule has 1 heterocycles. The van der Waals surface area contributed by atoms with E-state index >= 15 is 0 Å². The molecular weight excluding hydrogens is 376 g/mol. The average Bonchev–Trinajstić information content (AvgIpc) is 2.69. The van der Waals surface area contributed by atoms with Gasteiger partial charge in [-0.1, -0.05) is 35.9 Å². The highest BCUT2D eigenvalue weighted by Crippen LogP contribution is 2.20. The minimum absolute atomic E-state index is 0.0186. The van der Waals surface area contributed by atoms with Gasteiger partial charge in [-0.3, -0.25) is 4.79 Å². The van der Waals surface area contributed by atoms with Crippen LogP contribution in [0.15, 0.2) is 59.4 Å². The van der Waals surface area contributed by atoms with Crippen molar-refractivity contribution >= 4 is 22.5 Å². The van der Waals surface area contributed by atoms with Crippen LogP contribution in [-0.4, -0.2) is 28.4 Å². The first-order chi connectivity index (χ1) is 13.4. The third-order valence-electron chi connectivity index (χ3n) is 4.61. The minimum Gasteiger partial charge on any atom is -0.492 e. The lowest BCUT2D eigenvalue weighted by molar-refractivity contribution is 0.187. The van der Waals surface area contributed by atoms with Gasteiger partial charge in [0.1, 0.15) is 12.4 Å².